The standard InChI is InChI=1S/C21H25N3O2/c1-3-4-7-16-10-12-17(13-11-16)22-20(26)14-24-19-9-6-5-8-18(19)23-21(24)15(2)25/h5-6,8-13,15,25H,3-4,7,14H2,1-2H3,(H,22,26)/t15-/m1/s1. The number of aliphatic hydroxyl groups is 1. The Labute approximate surface area is 153 Å². The van der Waals surface area contributed by atoms with E-state index in [-0.39, 0.29) is 12.5 Å². The molecule has 5 nitrogen and oxygen atoms in total. The molecule has 2 aromatic carbocycles. The molecule has 0 aliphatic rings. The number of fused-ring (bicyclic) bond motifs is 1. The Bertz CT molecular complexity index is 882. The van der Waals surface area contributed by atoms with E-state index in [0.717, 1.165) is 23.1 Å². The quantitative estimate of drug-likeness (QED) is 0.674. The fourth-order valence-electron chi connectivity index (χ4n) is 3.06. The fourth-order valence-corrected chi connectivity index (χ4v) is 3.06. The van der Waals surface area contributed by atoms with Gasteiger partial charge in [-0.15, -0.1) is 0 Å². The van der Waals surface area contributed by atoms with E-state index < -0.39 is 6.10 Å². The molecular formula is C21H25N3O2. The molecule has 0 fully saturated rings. The molecule has 5 heteroatoms. The maximum absolute atomic E-state index is 12.5. The molecule has 0 spiro atoms. The molecule has 2 N–H and O–H groups in total. The van der Waals surface area contributed by atoms with Gasteiger partial charge in [0.05, 0.1) is 11.0 Å². The maximum atomic E-state index is 12.5. The summed E-state index contributed by atoms with van der Waals surface area (Å²) in [6.07, 6.45) is 2.65. The highest BCUT2D eigenvalue weighted by Gasteiger charge is 2.16. The van der Waals surface area contributed by atoms with Gasteiger partial charge in [-0.3, -0.25) is 4.79 Å². The van der Waals surface area contributed by atoms with Gasteiger partial charge in [0.25, 0.3) is 0 Å². The molecule has 0 bridgehead atoms. The highest BCUT2D eigenvalue weighted by molar-refractivity contribution is 5.91. The summed E-state index contributed by atoms with van der Waals surface area (Å²) in [5.74, 6) is 0.354. The zero-order valence-electron chi connectivity index (χ0n) is 15.3. The molecule has 1 atom stereocenters. The minimum atomic E-state index is -0.743. The van der Waals surface area contributed by atoms with Gasteiger partial charge in [0.15, 0.2) is 0 Å². The van der Waals surface area contributed by atoms with Crippen LogP contribution in [0.4, 0.5) is 5.69 Å². The first kappa shape index (κ1) is 18.1. The Morgan fingerprint density at radius 1 is 1.19 bits per heavy atom. The lowest BCUT2D eigenvalue weighted by Gasteiger charge is -2.11. The lowest BCUT2D eigenvalue weighted by Crippen LogP contribution is -2.20. The zero-order valence-corrected chi connectivity index (χ0v) is 15.3. The minimum Gasteiger partial charge on any atom is -0.385 e. The Morgan fingerprint density at radius 3 is 2.62 bits per heavy atom. The molecule has 0 aliphatic carbocycles. The molecule has 0 saturated heterocycles. The molecule has 0 radical (unpaired) electrons. The predicted octanol–water partition coefficient (Wildman–Crippen LogP) is 4.07. The van der Waals surface area contributed by atoms with Gasteiger partial charge in [-0.1, -0.05) is 37.6 Å². The van der Waals surface area contributed by atoms with E-state index in [9.17, 15) is 9.90 Å². The van der Waals surface area contributed by atoms with Gasteiger partial charge in [-0.05, 0) is 49.6 Å². The molecule has 3 aromatic rings. The van der Waals surface area contributed by atoms with Crippen LogP contribution in [0, 0.1) is 0 Å². The number of aryl methyl sites for hydroxylation is 1. The van der Waals surface area contributed by atoms with Gasteiger partial charge in [0.1, 0.15) is 18.5 Å². The number of anilines is 1. The van der Waals surface area contributed by atoms with Crippen LogP contribution in [-0.4, -0.2) is 20.6 Å². The Kier molecular flexibility index (Phi) is 5.68. The molecule has 1 aromatic heterocycles. The summed E-state index contributed by atoms with van der Waals surface area (Å²) in [4.78, 5) is 17.0. The largest absolute Gasteiger partial charge is 0.385 e. The van der Waals surface area contributed by atoms with Crippen LogP contribution in [0.5, 0.6) is 0 Å². The molecule has 26 heavy (non-hydrogen) atoms. The number of hydrogen-bond acceptors (Lipinski definition) is 3. The third kappa shape index (κ3) is 4.11. The number of rotatable bonds is 7. The second-order valence-corrected chi connectivity index (χ2v) is 6.57. The number of benzene rings is 2. The number of aromatic nitrogens is 2. The summed E-state index contributed by atoms with van der Waals surface area (Å²) in [7, 11) is 0. The van der Waals surface area contributed by atoms with Crippen molar-refractivity contribution >= 4 is 22.6 Å². The van der Waals surface area contributed by atoms with Crippen molar-refractivity contribution in [3.05, 3.63) is 59.9 Å². The van der Waals surface area contributed by atoms with Crippen molar-refractivity contribution < 1.29 is 9.90 Å². The highest BCUT2D eigenvalue weighted by atomic mass is 16.3. The molecule has 1 amide bonds. The summed E-state index contributed by atoms with van der Waals surface area (Å²) < 4.78 is 1.77. The monoisotopic (exact) mass is 351 g/mol. The predicted molar refractivity (Wildman–Crippen MR) is 104 cm³/mol. The molecule has 0 aliphatic heterocycles. The van der Waals surface area contributed by atoms with E-state index in [0.29, 0.717) is 5.82 Å². The van der Waals surface area contributed by atoms with Crippen molar-refractivity contribution in [2.75, 3.05) is 5.32 Å². The second kappa shape index (κ2) is 8.15. The molecule has 1 heterocycles. The molecule has 0 unspecified atom stereocenters. The van der Waals surface area contributed by atoms with Crippen LogP contribution < -0.4 is 5.32 Å². The number of nitrogens with zero attached hydrogens (tertiary/aromatic N) is 2. The maximum Gasteiger partial charge on any atom is 0.244 e. The summed E-state index contributed by atoms with van der Waals surface area (Å²) in [5.41, 5.74) is 3.67. The Balaban J connectivity index is 1.74. The first-order chi connectivity index (χ1) is 12.6. The number of hydrogen-bond donors (Lipinski definition) is 2. The lowest BCUT2D eigenvalue weighted by atomic mass is 10.1. The average Bonchev–Trinajstić information content (AvgIpc) is 3.00. The van der Waals surface area contributed by atoms with Gasteiger partial charge in [0.2, 0.25) is 5.91 Å². The Hall–Kier alpha value is -2.66. The fraction of sp³-hybridized carbons (Fsp3) is 0.333. The van der Waals surface area contributed by atoms with E-state index >= 15 is 0 Å². The van der Waals surface area contributed by atoms with Crippen LogP contribution >= 0.6 is 0 Å². The lowest BCUT2D eigenvalue weighted by molar-refractivity contribution is -0.116. The number of carbonyl (C=O) groups is 1. The summed E-state index contributed by atoms with van der Waals surface area (Å²) in [5, 5.41) is 12.9. The second-order valence-electron chi connectivity index (χ2n) is 6.57. The Morgan fingerprint density at radius 2 is 1.92 bits per heavy atom. The number of aliphatic hydroxyl groups excluding tert-OH is 1. The normalized spacial score (nSPS) is 12.3. The van der Waals surface area contributed by atoms with Crippen molar-refractivity contribution in [2.24, 2.45) is 0 Å². The van der Waals surface area contributed by atoms with E-state index in [1.807, 2.05) is 36.4 Å². The van der Waals surface area contributed by atoms with E-state index in [4.69, 9.17) is 0 Å². The third-order valence-corrected chi connectivity index (χ3v) is 4.42. The van der Waals surface area contributed by atoms with Gasteiger partial charge in [-0.2, -0.15) is 0 Å². The van der Waals surface area contributed by atoms with Gasteiger partial charge in [-0.25, -0.2) is 4.98 Å². The van der Waals surface area contributed by atoms with E-state index in [1.165, 1.54) is 18.4 Å². The number of amides is 1. The van der Waals surface area contributed by atoms with E-state index in [2.05, 4.69) is 29.4 Å². The third-order valence-electron chi connectivity index (χ3n) is 4.42. The van der Waals surface area contributed by atoms with Crippen molar-refractivity contribution in [3.8, 4) is 0 Å². The molecule has 0 saturated carbocycles. The summed E-state index contributed by atoms with van der Waals surface area (Å²) in [6.45, 7) is 3.94. The molecule has 136 valence electrons. The van der Waals surface area contributed by atoms with Crippen molar-refractivity contribution in [1.29, 1.82) is 0 Å². The first-order valence-corrected chi connectivity index (χ1v) is 9.10. The van der Waals surface area contributed by atoms with Crippen molar-refractivity contribution in [2.45, 2.75) is 45.8 Å². The first-order valence-electron chi connectivity index (χ1n) is 9.10. The molecule has 3 rings (SSSR count). The van der Waals surface area contributed by atoms with Crippen LogP contribution in [-0.2, 0) is 17.8 Å². The number of unbranched alkanes of at least 4 members (excludes halogenated alkanes) is 1. The van der Waals surface area contributed by atoms with Crippen LogP contribution in [0.25, 0.3) is 11.0 Å². The van der Waals surface area contributed by atoms with Gasteiger partial charge in [0, 0.05) is 5.69 Å². The minimum absolute atomic E-state index is 0.109. The summed E-state index contributed by atoms with van der Waals surface area (Å²) >= 11 is 0. The topological polar surface area (TPSA) is 67.2 Å². The van der Waals surface area contributed by atoms with Crippen LogP contribution in [0.3, 0.4) is 0 Å². The highest BCUT2D eigenvalue weighted by Crippen LogP contribution is 2.21. The molecular weight excluding hydrogens is 326 g/mol. The summed E-state index contributed by atoms with van der Waals surface area (Å²) in [6, 6.07) is 15.6. The average molecular weight is 351 g/mol. The number of nitrogens with one attached hydrogen (secondary N) is 1. The van der Waals surface area contributed by atoms with Crippen molar-refractivity contribution in [1.82, 2.24) is 9.55 Å². The number of para-hydroxylation sites is 2. The number of imidazole rings is 1. The SMILES string of the molecule is CCCCc1ccc(NC(=O)Cn2c([C@@H](C)O)nc3ccccc32)cc1. The number of carbonyl (C=O) groups excluding carboxylic acids is 1. The smallest absolute Gasteiger partial charge is 0.244 e. The zero-order chi connectivity index (χ0) is 18.5. The van der Waals surface area contributed by atoms with E-state index in [1.54, 1.807) is 11.5 Å². The van der Waals surface area contributed by atoms with Gasteiger partial charge >= 0.3 is 0 Å². The van der Waals surface area contributed by atoms with Gasteiger partial charge < -0.3 is 15.0 Å². The van der Waals surface area contributed by atoms with Crippen LogP contribution in [0.2, 0.25) is 0 Å². The van der Waals surface area contributed by atoms with Crippen LogP contribution in [0.15, 0.2) is 48.5 Å². The van der Waals surface area contributed by atoms with Crippen LogP contribution in [0.1, 0.15) is 44.2 Å². The van der Waals surface area contributed by atoms with Crippen molar-refractivity contribution in [3.63, 3.8) is 0 Å².